The summed E-state index contributed by atoms with van der Waals surface area (Å²) in [6, 6.07) is 23.7. The lowest BCUT2D eigenvalue weighted by Gasteiger charge is -2.17. The molecule has 0 aliphatic heterocycles. The number of rotatable bonds is 6. The molecule has 3 aromatic carbocycles. The van der Waals surface area contributed by atoms with Crippen LogP contribution in [0.3, 0.4) is 0 Å². The van der Waals surface area contributed by atoms with Gasteiger partial charge in [-0.2, -0.15) is 0 Å². The number of para-hydroxylation sites is 1. The van der Waals surface area contributed by atoms with Crippen molar-refractivity contribution in [2.45, 2.75) is 19.5 Å². The highest BCUT2D eigenvalue weighted by atomic mass is 16.3. The molecule has 1 atom stereocenters. The van der Waals surface area contributed by atoms with E-state index in [1.165, 1.54) is 0 Å². The smallest absolute Gasteiger partial charge is 0.277 e. The Morgan fingerprint density at radius 3 is 2.64 bits per heavy atom. The van der Waals surface area contributed by atoms with Crippen LogP contribution < -0.4 is 10.9 Å². The Balaban J connectivity index is 1.51. The normalized spacial score (nSPS) is 11.9. The first kappa shape index (κ1) is 20.6. The monoisotopic (exact) mass is 433 g/mol. The fourth-order valence-corrected chi connectivity index (χ4v) is 4.06. The zero-order valence-corrected chi connectivity index (χ0v) is 18.3. The van der Waals surface area contributed by atoms with Gasteiger partial charge < -0.3 is 9.73 Å². The fraction of sp³-hybridized carbons (Fsp3) is 0.107. The highest BCUT2D eigenvalue weighted by Crippen LogP contribution is 2.31. The van der Waals surface area contributed by atoms with Crippen molar-refractivity contribution in [3.8, 4) is 11.4 Å². The van der Waals surface area contributed by atoms with Gasteiger partial charge in [0.25, 0.3) is 5.56 Å². The van der Waals surface area contributed by atoms with Crippen LogP contribution in [0.25, 0.3) is 33.3 Å². The molecule has 0 aliphatic carbocycles. The van der Waals surface area contributed by atoms with E-state index in [1.54, 1.807) is 16.8 Å². The van der Waals surface area contributed by atoms with E-state index in [4.69, 9.17) is 4.42 Å². The molecule has 2 heterocycles. The number of furan rings is 1. The van der Waals surface area contributed by atoms with Crippen LogP contribution in [0.2, 0.25) is 0 Å². The lowest BCUT2D eigenvalue weighted by molar-refractivity contribution is 0.668. The summed E-state index contributed by atoms with van der Waals surface area (Å²) in [5, 5.41) is 5.49. The lowest BCUT2D eigenvalue weighted by atomic mass is 10.0. The van der Waals surface area contributed by atoms with E-state index in [-0.39, 0.29) is 11.6 Å². The SMILES string of the molecule is C=C=CCn1c(-c2ccccc2)ncc(NC(C)c2ccc3oc4ccccc4c3c2)c1=O. The minimum atomic E-state index is -0.142. The zero-order chi connectivity index (χ0) is 22.8. The average molecular weight is 434 g/mol. The number of anilines is 1. The van der Waals surface area contributed by atoms with Gasteiger partial charge in [0.05, 0.1) is 12.7 Å². The number of aromatic nitrogens is 2. The number of fused-ring (bicyclic) bond motifs is 3. The van der Waals surface area contributed by atoms with Crippen LogP contribution in [-0.4, -0.2) is 9.55 Å². The Bertz CT molecular complexity index is 1560. The molecule has 0 spiro atoms. The summed E-state index contributed by atoms with van der Waals surface area (Å²) < 4.78 is 7.57. The topological polar surface area (TPSA) is 60.1 Å². The maximum Gasteiger partial charge on any atom is 0.277 e. The molecule has 1 N–H and O–H groups in total. The van der Waals surface area contributed by atoms with Gasteiger partial charge in [0.15, 0.2) is 0 Å². The van der Waals surface area contributed by atoms with Gasteiger partial charge in [0, 0.05) is 22.4 Å². The second kappa shape index (κ2) is 8.65. The molecule has 0 saturated carbocycles. The summed E-state index contributed by atoms with van der Waals surface area (Å²) >= 11 is 0. The van der Waals surface area contributed by atoms with Gasteiger partial charge in [-0.15, -0.1) is 5.73 Å². The van der Waals surface area contributed by atoms with E-state index >= 15 is 0 Å². The van der Waals surface area contributed by atoms with E-state index in [9.17, 15) is 4.79 Å². The van der Waals surface area contributed by atoms with Crippen molar-refractivity contribution in [2.24, 2.45) is 0 Å². The third kappa shape index (κ3) is 3.86. The number of hydrogen-bond acceptors (Lipinski definition) is 4. The van der Waals surface area contributed by atoms with Gasteiger partial charge in [-0.3, -0.25) is 9.36 Å². The molecule has 0 bridgehead atoms. The van der Waals surface area contributed by atoms with Gasteiger partial charge in [0.1, 0.15) is 22.7 Å². The quantitative estimate of drug-likeness (QED) is 0.318. The molecule has 5 aromatic rings. The summed E-state index contributed by atoms with van der Waals surface area (Å²) in [5.74, 6) is 0.608. The van der Waals surface area contributed by atoms with Gasteiger partial charge in [0.2, 0.25) is 0 Å². The van der Waals surface area contributed by atoms with Gasteiger partial charge in [-0.05, 0) is 36.8 Å². The largest absolute Gasteiger partial charge is 0.456 e. The van der Waals surface area contributed by atoms with E-state index in [2.05, 4.69) is 34.7 Å². The molecule has 2 aromatic heterocycles. The van der Waals surface area contributed by atoms with E-state index < -0.39 is 0 Å². The summed E-state index contributed by atoms with van der Waals surface area (Å²) in [6.45, 7) is 5.99. The van der Waals surface area contributed by atoms with Gasteiger partial charge in [-0.1, -0.05) is 61.2 Å². The van der Waals surface area contributed by atoms with Crippen molar-refractivity contribution in [1.82, 2.24) is 9.55 Å². The third-order valence-corrected chi connectivity index (χ3v) is 5.77. The summed E-state index contributed by atoms with van der Waals surface area (Å²) in [4.78, 5) is 18.0. The molecule has 1 unspecified atom stereocenters. The second-order valence-corrected chi connectivity index (χ2v) is 7.91. The predicted octanol–water partition coefficient (Wildman–Crippen LogP) is 6.32. The average Bonchev–Trinajstić information content (AvgIpc) is 3.23. The molecule has 162 valence electrons. The van der Waals surface area contributed by atoms with Crippen LogP contribution in [-0.2, 0) is 6.54 Å². The van der Waals surface area contributed by atoms with Crippen molar-refractivity contribution in [3.05, 3.63) is 113 Å². The summed E-state index contributed by atoms with van der Waals surface area (Å²) in [5.41, 5.74) is 6.69. The Kier molecular flexibility index (Phi) is 5.39. The molecule has 33 heavy (non-hydrogen) atoms. The second-order valence-electron chi connectivity index (χ2n) is 7.91. The highest BCUT2D eigenvalue weighted by molar-refractivity contribution is 6.05. The maximum atomic E-state index is 13.4. The van der Waals surface area contributed by atoms with E-state index in [0.717, 1.165) is 33.1 Å². The molecule has 5 nitrogen and oxygen atoms in total. The fourth-order valence-electron chi connectivity index (χ4n) is 4.06. The minimum absolute atomic E-state index is 0.108. The number of hydrogen-bond donors (Lipinski definition) is 1. The number of benzene rings is 3. The van der Waals surface area contributed by atoms with Crippen LogP contribution in [0.15, 0.2) is 107 Å². The molecule has 5 rings (SSSR count). The minimum Gasteiger partial charge on any atom is -0.456 e. The Hall–Kier alpha value is -4.34. The Labute approximate surface area is 191 Å². The van der Waals surface area contributed by atoms with Crippen molar-refractivity contribution in [1.29, 1.82) is 0 Å². The van der Waals surface area contributed by atoms with Crippen LogP contribution in [0.4, 0.5) is 5.69 Å². The summed E-state index contributed by atoms with van der Waals surface area (Å²) in [7, 11) is 0. The lowest BCUT2D eigenvalue weighted by Crippen LogP contribution is -2.26. The number of nitrogens with one attached hydrogen (secondary N) is 1. The first-order valence-corrected chi connectivity index (χ1v) is 10.8. The molecule has 0 radical (unpaired) electrons. The summed E-state index contributed by atoms with van der Waals surface area (Å²) in [6.07, 6.45) is 3.34. The highest BCUT2D eigenvalue weighted by Gasteiger charge is 2.15. The standard InChI is InChI=1S/C28H23N3O2/c1-3-4-16-31-27(20-10-6-5-7-11-20)29-18-24(28(31)32)30-19(2)21-14-15-26-23(17-21)22-12-8-9-13-25(22)33-26/h4-15,17-19,30H,1,16H2,2H3. The number of allylic oxidation sites excluding steroid dienone is 1. The Morgan fingerprint density at radius 1 is 1.06 bits per heavy atom. The van der Waals surface area contributed by atoms with E-state index in [0.29, 0.717) is 18.1 Å². The van der Waals surface area contributed by atoms with Crippen LogP contribution in [0, 0.1) is 0 Å². The predicted molar refractivity (Wildman–Crippen MR) is 133 cm³/mol. The first-order chi connectivity index (χ1) is 16.2. The zero-order valence-electron chi connectivity index (χ0n) is 18.3. The van der Waals surface area contributed by atoms with Crippen LogP contribution in [0.1, 0.15) is 18.5 Å². The van der Waals surface area contributed by atoms with Crippen molar-refractivity contribution >= 4 is 27.6 Å². The third-order valence-electron chi connectivity index (χ3n) is 5.77. The molecule has 5 heteroatoms. The Morgan fingerprint density at radius 2 is 1.82 bits per heavy atom. The molecule has 0 fully saturated rings. The van der Waals surface area contributed by atoms with Gasteiger partial charge in [-0.25, -0.2) is 4.98 Å². The van der Waals surface area contributed by atoms with Crippen LogP contribution in [0.5, 0.6) is 0 Å². The van der Waals surface area contributed by atoms with Crippen molar-refractivity contribution < 1.29 is 4.42 Å². The molecule has 0 saturated heterocycles. The van der Waals surface area contributed by atoms with Crippen LogP contribution >= 0.6 is 0 Å². The first-order valence-electron chi connectivity index (χ1n) is 10.8. The molecule has 0 amide bonds. The van der Waals surface area contributed by atoms with Gasteiger partial charge >= 0.3 is 0 Å². The molecule has 0 aliphatic rings. The van der Waals surface area contributed by atoms with Crippen molar-refractivity contribution in [2.75, 3.05) is 5.32 Å². The number of nitrogens with zero attached hydrogens (tertiary/aromatic N) is 2. The maximum absolute atomic E-state index is 13.4. The molecular weight excluding hydrogens is 410 g/mol. The molecular formula is C28H23N3O2. The van der Waals surface area contributed by atoms with E-state index in [1.807, 2.05) is 67.6 Å². The van der Waals surface area contributed by atoms with Crippen molar-refractivity contribution in [3.63, 3.8) is 0 Å².